The summed E-state index contributed by atoms with van der Waals surface area (Å²) < 4.78 is 4.82. The van der Waals surface area contributed by atoms with Crippen molar-refractivity contribution in [1.29, 1.82) is 0 Å². The van der Waals surface area contributed by atoms with E-state index in [1.807, 2.05) is 30.3 Å². The summed E-state index contributed by atoms with van der Waals surface area (Å²) in [5, 5.41) is 0.728. The fourth-order valence-corrected chi connectivity index (χ4v) is 2.53. The second-order valence-electron chi connectivity index (χ2n) is 5.26. The highest BCUT2D eigenvalue weighted by Gasteiger charge is 2.61. The van der Waals surface area contributed by atoms with Crippen LogP contribution in [0.1, 0.15) is 19.4 Å². The molecule has 0 saturated heterocycles. The van der Waals surface area contributed by atoms with Crippen LogP contribution in [0.5, 0.6) is 0 Å². The Morgan fingerprint density at radius 2 is 1.94 bits per heavy atom. The lowest BCUT2D eigenvalue weighted by atomic mass is 10.1. The van der Waals surface area contributed by atoms with E-state index in [4.69, 9.17) is 16.3 Å². The third kappa shape index (κ3) is 2.44. The minimum Gasteiger partial charge on any atom is -0.469 e. The van der Waals surface area contributed by atoms with Gasteiger partial charge in [-0.1, -0.05) is 49.7 Å². The molecule has 1 aliphatic rings. The number of hydrogen-bond acceptors (Lipinski definition) is 2. The lowest BCUT2D eigenvalue weighted by Crippen LogP contribution is -2.07. The number of hydrogen-bond donors (Lipinski definition) is 0. The summed E-state index contributed by atoms with van der Waals surface area (Å²) in [6, 6.07) is 7.64. The molecule has 3 heteroatoms. The Hall–Kier alpha value is -1.28. The average molecular weight is 265 g/mol. The van der Waals surface area contributed by atoms with Gasteiger partial charge in [-0.3, -0.25) is 4.79 Å². The van der Waals surface area contributed by atoms with Crippen LogP contribution < -0.4 is 0 Å². The monoisotopic (exact) mass is 264 g/mol. The van der Waals surface area contributed by atoms with Gasteiger partial charge < -0.3 is 4.74 Å². The minimum absolute atomic E-state index is 0.00395. The summed E-state index contributed by atoms with van der Waals surface area (Å²) in [6.45, 7) is 4.18. The maximum atomic E-state index is 11.6. The molecule has 2 atom stereocenters. The van der Waals surface area contributed by atoms with Crippen LogP contribution in [0, 0.1) is 17.3 Å². The van der Waals surface area contributed by atoms with Gasteiger partial charge >= 0.3 is 5.97 Å². The molecule has 0 N–H and O–H groups in total. The van der Waals surface area contributed by atoms with Gasteiger partial charge in [0.15, 0.2) is 0 Å². The lowest BCUT2D eigenvalue weighted by Gasteiger charge is -1.99. The third-order valence-electron chi connectivity index (χ3n) is 3.73. The smallest absolute Gasteiger partial charge is 0.309 e. The lowest BCUT2D eigenvalue weighted by molar-refractivity contribution is -0.143. The predicted molar refractivity (Wildman–Crippen MR) is 73.3 cm³/mol. The van der Waals surface area contributed by atoms with Crippen LogP contribution in [0.25, 0.3) is 6.08 Å². The second-order valence-corrected chi connectivity index (χ2v) is 5.70. The number of ether oxygens (including phenoxy) is 1. The molecule has 0 bridgehead atoms. The molecule has 0 aliphatic heterocycles. The SMILES string of the molecule is COC(=O)[C@H]1[C@H](/C=C\c2ccc(Cl)cc2)C1(C)C. The molecule has 1 aliphatic carbocycles. The molecule has 1 aromatic carbocycles. The zero-order chi connectivity index (χ0) is 13.3. The third-order valence-corrected chi connectivity index (χ3v) is 3.98. The molecule has 0 aromatic heterocycles. The number of esters is 1. The summed E-state index contributed by atoms with van der Waals surface area (Å²) >= 11 is 5.83. The fourth-order valence-electron chi connectivity index (χ4n) is 2.40. The van der Waals surface area contributed by atoms with Gasteiger partial charge in [-0.05, 0) is 29.0 Å². The van der Waals surface area contributed by atoms with Gasteiger partial charge in [-0.15, -0.1) is 0 Å². The number of carbonyl (C=O) groups is 1. The molecular formula is C15H17ClO2. The summed E-state index contributed by atoms with van der Waals surface area (Å²) in [5.74, 6) is 0.109. The van der Waals surface area contributed by atoms with Gasteiger partial charge in [0.25, 0.3) is 0 Å². The van der Waals surface area contributed by atoms with Gasteiger partial charge in [-0.2, -0.15) is 0 Å². The number of carbonyl (C=O) groups excluding carboxylic acids is 1. The maximum absolute atomic E-state index is 11.6. The topological polar surface area (TPSA) is 26.3 Å². The van der Waals surface area contributed by atoms with E-state index in [9.17, 15) is 4.79 Å². The second kappa shape index (κ2) is 4.77. The first-order valence-corrected chi connectivity index (χ1v) is 6.36. The molecule has 0 amide bonds. The summed E-state index contributed by atoms with van der Waals surface area (Å²) in [7, 11) is 1.44. The van der Waals surface area contributed by atoms with Crippen LogP contribution in [-0.4, -0.2) is 13.1 Å². The summed E-state index contributed by atoms with van der Waals surface area (Å²) in [5.41, 5.74) is 1.08. The molecule has 1 saturated carbocycles. The quantitative estimate of drug-likeness (QED) is 0.777. The van der Waals surface area contributed by atoms with Gasteiger partial charge in [0.2, 0.25) is 0 Å². The highest BCUT2D eigenvalue weighted by molar-refractivity contribution is 6.30. The van der Waals surface area contributed by atoms with Crippen molar-refractivity contribution >= 4 is 23.6 Å². The molecule has 1 fully saturated rings. The first kappa shape index (κ1) is 13.2. The van der Waals surface area contributed by atoms with Crippen molar-refractivity contribution in [3.8, 4) is 0 Å². The highest BCUT2D eigenvalue weighted by Crippen LogP contribution is 2.59. The van der Waals surface area contributed by atoms with E-state index < -0.39 is 0 Å². The van der Waals surface area contributed by atoms with Crippen molar-refractivity contribution in [2.24, 2.45) is 17.3 Å². The zero-order valence-corrected chi connectivity index (χ0v) is 11.6. The van der Waals surface area contributed by atoms with Crippen LogP contribution in [0.15, 0.2) is 30.3 Å². The molecule has 1 aromatic rings. The number of rotatable bonds is 3. The van der Waals surface area contributed by atoms with Crippen molar-refractivity contribution in [1.82, 2.24) is 0 Å². The van der Waals surface area contributed by atoms with E-state index in [1.54, 1.807) is 0 Å². The van der Waals surface area contributed by atoms with Crippen LogP contribution in [0.2, 0.25) is 5.02 Å². The van der Waals surface area contributed by atoms with Gasteiger partial charge in [0, 0.05) is 5.02 Å². The molecule has 0 spiro atoms. The molecular weight excluding hydrogens is 248 g/mol. The van der Waals surface area contributed by atoms with Crippen molar-refractivity contribution in [3.63, 3.8) is 0 Å². The molecule has 2 rings (SSSR count). The Kier molecular flexibility index (Phi) is 3.49. The standard InChI is InChI=1S/C15H17ClO2/c1-15(2)12(13(15)14(17)18-3)9-6-10-4-7-11(16)8-5-10/h4-9,12-13H,1-3H3/b9-6-/t12-,13+/m0/s1. The molecule has 2 nitrogen and oxygen atoms in total. The maximum Gasteiger partial charge on any atom is 0.309 e. The van der Waals surface area contributed by atoms with Crippen molar-refractivity contribution in [2.75, 3.05) is 7.11 Å². The summed E-state index contributed by atoms with van der Waals surface area (Å²) in [6.07, 6.45) is 4.12. The Labute approximate surface area is 113 Å². The molecule has 0 heterocycles. The highest BCUT2D eigenvalue weighted by atomic mass is 35.5. The van der Waals surface area contributed by atoms with E-state index in [2.05, 4.69) is 19.9 Å². The largest absolute Gasteiger partial charge is 0.469 e. The van der Waals surface area contributed by atoms with Crippen molar-refractivity contribution in [3.05, 3.63) is 40.9 Å². The number of allylic oxidation sites excluding steroid dienone is 1. The van der Waals surface area contributed by atoms with Crippen molar-refractivity contribution < 1.29 is 9.53 Å². The van der Waals surface area contributed by atoms with E-state index >= 15 is 0 Å². The number of methoxy groups -OCH3 is 1. The van der Waals surface area contributed by atoms with Gasteiger partial charge in [-0.25, -0.2) is 0 Å². The number of benzene rings is 1. The van der Waals surface area contributed by atoms with E-state index in [0.29, 0.717) is 0 Å². The summed E-state index contributed by atoms with van der Waals surface area (Å²) in [4.78, 5) is 11.6. The molecule has 0 radical (unpaired) electrons. The Morgan fingerprint density at radius 1 is 1.33 bits per heavy atom. The fraction of sp³-hybridized carbons (Fsp3) is 0.400. The Bertz CT molecular complexity index is 474. The molecule has 0 unspecified atom stereocenters. The van der Waals surface area contributed by atoms with Crippen LogP contribution in [0.4, 0.5) is 0 Å². The van der Waals surface area contributed by atoms with E-state index in [0.717, 1.165) is 10.6 Å². The minimum atomic E-state index is -0.120. The van der Waals surface area contributed by atoms with Crippen LogP contribution in [0.3, 0.4) is 0 Å². The van der Waals surface area contributed by atoms with Crippen LogP contribution >= 0.6 is 11.6 Å². The van der Waals surface area contributed by atoms with Crippen LogP contribution in [-0.2, 0) is 9.53 Å². The normalized spacial score (nSPS) is 25.1. The average Bonchev–Trinajstić information content (AvgIpc) is 2.89. The first-order chi connectivity index (χ1) is 8.46. The Balaban J connectivity index is 2.07. The molecule has 96 valence electrons. The zero-order valence-electron chi connectivity index (χ0n) is 10.8. The van der Waals surface area contributed by atoms with E-state index in [-0.39, 0.29) is 23.2 Å². The predicted octanol–water partition coefficient (Wildman–Crippen LogP) is 3.80. The Morgan fingerprint density at radius 3 is 2.50 bits per heavy atom. The number of halogens is 1. The molecule has 18 heavy (non-hydrogen) atoms. The van der Waals surface area contributed by atoms with E-state index in [1.165, 1.54) is 7.11 Å². The van der Waals surface area contributed by atoms with Crippen molar-refractivity contribution in [2.45, 2.75) is 13.8 Å². The first-order valence-electron chi connectivity index (χ1n) is 5.98. The van der Waals surface area contributed by atoms with Gasteiger partial charge in [0.05, 0.1) is 13.0 Å². The van der Waals surface area contributed by atoms with Gasteiger partial charge in [0.1, 0.15) is 0 Å².